The van der Waals surface area contributed by atoms with Gasteiger partial charge in [-0.2, -0.15) is 0 Å². The van der Waals surface area contributed by atoms with Crippen LogP contribution in [-0.2, 0) is 6.54 Å². The van der Waals surface area contributed by atoms with Gasteiger partial charge >= 0.3 is 0 Å². The number of para-hydroxylation sites is 1. The van der Waals surface area contributed by atoms with Gasteiger partial charge in [-0.15, -0.1) is 0 Å². The summed E-state index contributed by atoms with van der Waals surface area (Å²) in [6.45, 7) is 15.9. The Morgan fingerprint density at radius 2 is 1.75 bits per heavy atom. The quantitative estimate of drug-likeness (QED) is 0.919. The second-order valence-corrected chi connectivity index (χ2v) is 8.14. The van der Waals surface area contributed by atoms with Crippen molar-refractivity contribution in [3.63, 3.8) is 0 Å². The zero-order valence-corrected chi connectivity index (χ0v) is 15.7. The van der Waals surface area contributed by atoms with Crippen molar-refractivity contribution in [2.45, 2.75) is 39.8 Å². The Morgan fingerprint density at radius 3 is 2.42 bits per heavy atom. The molecule has 0 saturated carbocycles. The van der Waals surface area contributed by atoms with Gasteiger partial charge in [-0.1, -0.05) is 39.0 Å². The average molecular weight is 331 g/mol. The maximum atomic E-state index is 6.30. The van der Waals surface area contributed by atoms with Crippen LogP contribution in [0.3, 0.4) is 0 Å². The van der Waals surface area contributed by atoms with Crippen LogP contribution in [0.2, 0.25) is 0 Å². The van der Waals surface area contributed by atoms with Gasteiger partial charge in [0.05, 0.1) is 0 Å². The van der Waals surface area contributed by atoms with E-state index in [-0.39, 0.29) is 5.41 Å². The topological polar surface area (TPSA) is 35.7 Å². The highest BCUT2D eigenvalue weighted by Crippen LogP contribution is 2.30. The molecule has 1 unspecified atom stereocenters. The molecule has 24 heavy (non-hydrogen) atoms. The third-order valence-corrected chi connectivity index (χ3v) is 5.94. The molecule has 1 aromatic rings. The Kier molecular flexibility index (Phi) is 5.48. The molecule has 3 rings (SSSR count). The second-order valence-electron chi connectivity index (χ2n) is 8.14. The zero-order chi connectivity index (χ0) is 17.2. The van der Waals surface area contributed by atoms with Crippen molar-refractivity contribution in [3.8, 4) is 0 Å². The Morgan fingerprint density at radius 1 is 1.04 bits per heavy atom. The molecule has 4 heteroatoms. The molecule has 2 saturated heterocycles. The summed E-state index contributed by atoms with van der Waals surface area (Å²) in [6.07, 6.45) is 1.10. The van der Waals surface area contributed by atoms with E-state index in [1.54, 1.807) is 0 Å². The van der Waals surface area contributed by atoms with E-state index in [0.29, 0.717) is 6.04 Å². The number of likely N-dealkylation sites (tertiary alicyclic amines) is 1. The first-order valence-electron chi connectivity index (χ1n) is 9.53. The van der Waals surface area contributed by atoms with E-state index in [1.165, 1.54) is 30.9 Å². The minimum Gasteiger partial charge on any atom is -0.369 e. The van der Waals surface area contributed by atoms with Crippen molar-refractivity contribution in [1.82, 2.24) is 9.80 Å². The van der Waals surface area contributed by atoms with Gasteiger partial charge < -0.3 is 15.5 Å². The first kappa shape index (κ1) is 17.7. The third-order valence-electron chi connectivity index (χ3n) is 5.94. The molecule has 1 aromatic carbocycles. The second kappa shape index (κ2) is 7.42. The van der Waals surface area contributed by atoms with Gasteiger partial charge in [-0.25, -0.2) is 0 Å². The number of nitrogens with two attached hydrogens (primary N) is 1. The summed E-state index contributed by atoms with van der Waals surface area (Å²) in [5, 5.41) is 0. The van der Waals surface area contributed by atoms with Crippen molar-refractivity contribution >= 4 is 5.69 Å². The van der Waals surface area contributed by atoms with Crippen molar-refractivity contribution < 1.29 is 0 Å². The Balaban J connectivity index is 1.69. The van der Waals surface area contributed by atoms with Crippen LogP contribution in [-0.4, -0.2) is 61.7 Å². The standard InChI is InChI=1S/C20H34N4/c1-4-22-11-13-24(14-12-22)18-8-6-5-7-17(18)15-23-10-9-19(21)20(2,3)16-23/h5-8,19H,4,9-16,21H2,1-3H3. The predicted octanol–water partition coefficient (Wildman–Crippen LogP) is 2.39. The summed E-state index contributed by atoms with van der Waals surface area (Å²) in [7, 11) is 0. The molecule has 0 amide bonds. The molecule has 0 aliphatic carbocycles. The number of rotatable bonds is 4. The molecule has 2 N–H and O–H groups in total. The van der Waals surface area contributed by atoms with Crippen LogP contribution in [0.25, 0.3) is 0 Å². The molecule has 1 atom stereocenters. The molecule has 0 spiro atoms. The number of piperazine rings is 1. The first-order valence-corrected chi connectivity index (χ1v) is 9.53. The van der Waals surface area contributed by atoms with E-state index >= 15 is 0 Å². The highest BCUT2D eigenvalue weighted by Gasteiger charge is 2.33. The molecule has 2 fully saturated rings. The number of piperidine rings is 1. The molecule has 0 aromatic heterocycles. The number of anilines is 1. The SMILES string of the molecule is CCN1CCN(c2ccccc2CN2CCC(N)C(C)(C)C2)CC1. The smallest absolute Gasteiger partial charge is 0.0412 e. The summed E-state index contributed by atoms with van der Waals surface area (Å²) >= 11 is 0. The minimum atomic E-state index is 0.208. The van der Waals surface area contributed by atoms with Crippen LogP contribution in [0.15, 0.2) is 24.3 Å². The van der Waals surface area contributed by atoms with Crippen molar-refractivity contribution in [2.75, 3.05) is 50.7 Å². The van der Waals surface area contributed by atoms with Gasteiger partial charge in [0.2, 0.25) is 0 Å². The van der Waals surface area contributed by atoms with Crippen molar-refractivity contribution in [3.05, 3.63) is 29.8 Å². The highest BCUT2D eigenvalue weighted by atomic mass is 15.3. The largest absolute Gasteiger partial charge is 0.369 e. The zero-order valence-electron chi connectivity index (χ0n) is 15.7. The fraction of sp³-hybridized carbons (Fsp3) is 0.700. The van der Waals surface area contributed by atoms with Crippen LogP contribution < -0.4 is 10.6 Å². The number of benzene rings is 1. The Hall–Kier alpha value is -1.10. The molecule has 2 heterocycles. The van der Waals surface area contributed by atoms with E-state index < -0.39 is 0 Å². The maximum Gasteiger partial charge on any atom is 0.0412 e. The van der Waals surface area contributed by atoms with Gasteiger partial charge in [0, 0.05) is 57.5 Å². The maximum absolute atomic E-state index is 6.30. The first-order chi connectivity index (χ1) is 11.5. The summed E-state index contributed by atoms with van der Waals surface area (Å²) in [5.74, 6) is 0. The van der Waals surface area contributed by atoms with Gasteiger partial charge in [0.1, 0.15) is 0 Å². The lowest BCUT2D eigenvalue weighted by Gasteiger charge is -2.43. The fourth-order valence-corrected chi connectivity index (χ4v) is 4.12. The van der Waals surface area contributed by atoms with Crippen molar-refractivity contribution in [1.29, 1.82) is 0 Å². The van der Waals surface area contributed by atoms with Crippen LogP contribution in [0.5, 0.6) is 0 Å². The summed E-state index contributed by atoms with van der Waals surface area (Å²) < 4.78 is 0. The van der Waals surface area contributed by atoms with Gasteiger partial charge in [0.25, 0.3) is 0 Å². The molecule has 2 aliphatic rings. The lowest BCUT2D eigenvalue weighted by Crippen LogP contribution is -2.52. The van der Waals surface area contributed by atoms with Crippen LogP contribution in [0.4, 0.5) is 5.69 Å². The number of nitrogens with zero attached hydrogens (tertiary/aromatic N) is 3. The van der Waals surface area contributed by atoms with Crippen LogP contribution in [0, 0.1) is 5.41 Å². The van der Waals surface area contributed by atoms with Crippen molar-refractivity contribution in [2.24, 2.45) is 11.1 Å². The van der Waals surface area contributed by atoms with Crippen LogP contribution in [0.1, 0.15) is 32.8 Å². The van der Waals surface area contributed by atoms with E-state index in [1.807, 2.05) is 0 Å². The highest BCUT2D eigenvalue weighted by molar-refractivity contribution is 5.54. The van der Waals surface area contributed by atoms with Gasteiger partial charge in [-0.3, -0.25) is 4.90 Å². The summed E-state index contributed by atoms with van der Waals surface area (Å²) in [6, 6.07) is 9.30. The third kappa shape index (κ3) is 3.93. The summed E-state index contributed by atoms with van der Waals surface area (Å²) in [4.78, 5) is 7.69. The van der Waals surface area contributed by atoms with E-state index in [9.17, 15) is 0 Å². The predicted molar refractivity (Wildman–Crippen MR) is 102 cm³/mol. The Bertz CT molecular complexity index is 534. The number of hydrogen-bond acceptors (Lipinski definition) is 4. The average Bonchev–Trinajstić information content (AvgIpc) is 2.59. The molecule has 0 radical (unpaired) electrons. The molecule has 134 valence electrons. The fourth-order valence-electron chi connectivity index (χ4n) is 4.12. The lowest BCUT2D eigenvalue weighted by molar-refractivity contribution is 0.0899. The van der Waals surface area contributed by atoms with Gasteiger partial charge in [-0.05, 0) is 30.0 Å². The molecule has 0 bridgehead atoms. The van der Waals surface area contributed by atoms with Crippen LogP contribution >= 0.6 is 0 Å². The Labute approximate surface area is 147 Å². The molecular formula is C20H34N4. The molecule has 2 aliphatic heterocycles. The van der Waals surface area contributed by atoms with E-state index in [2.05, 4.69) is 59.7 Å². The number of hydrogen-bond donors (Lipinski definition) is 1. The normalized spacial score (nSPS) is 25.8. The molecular weight excluding hydrogens is 296 g/mol. The molecule has 4 nitrogen and oxygen atoms in total. The van der Waals surface area contributed by atoms with Gasteiger partial charge in [0.15, 0.2) is 0 Å². The lowest BCUT2D eigenvalue weighted by atomic mass is 9.79. The van der Waals surface area contributed by atoms with E-state index in [0.717, 1.165) is 39.1 Å². The number of likely N-dealkylation sites (N-methyl/N-ethyl adjacent to an activating group) is 1. The monoisotopic (exact) mass is 330 g/mol. The summed E-state index contributed by atoms with van der Waals surface area (Å²) in [5.41, 5.74) is 9.41. The minimum absolute atomic E-state index is 0.208. The van der Waals surface area contributed by atoms with E-state index in [4.69, 9.17) is 5.73 Å².